The summed E-state index contributed by atoms with van der Waals surface area (Å²) in [5.41, 5.74) is 6.04. The molecule has 1 atom stereocenters. The predicted octanol–water partition coefficient (Wildman–Crippen LogP) is 2.99. The summed E-state index contributed by atoms with van der Waals surface area (Å²) >= 11 is 5.94. The molecule has 1 aromatic heterocycles. The van der Waals surface area contributed by atoms with E-state index < -0.39 is 18.2 Å². The largest absolute Gasteiger partial charge is 0.465 e. The van der Waals surface area contributed by atoms with E-state index in [0.29, 0.717) is 17.3 Å². The van der Waals surface area contributed by atoms with Crippen LogP contribution >= 0.6 is 11.6 Å². The maximum Gasteiger partial charge on any atom is 0.409 e. The second-order valence-corrected chi connectivity index (χ2v) is 9.36. The number of likely N-dealkylation sites (tertiary alicyclic amines) is 2. The zero-order valence-corrected chi connectivity index (χ0v) is 19.5. The van der Waals surface area contributed by atoms with Crippen molar-refractivity contribution in [3.8, 4) is 11.5 Å². The number of nitrogens with two attached hydrogens (primary N) is 1. The number of nitrogens with zero attached hydrogens (tertiary/aromatic N) is 6. The molecule has 0 radical (unpaired) electrons. The zero-order chi connectivity index (χ0) is 24.6. The molecular weight excluding hydrogens is 474 g/mol. The number of carbonyl (C=O) groups excluding carboxylic acids is 1. The normalized spacial score (nSPS) is 19.3. The standard InChI is InChI=1S/C23H24ClN7O4/c24-16-4-6-17(7-5-16)35-18-3-1-2-15(12-18)13-29-10-8-23(9-11-29)14-30(22(33)34)21(23)31-27-20(19(25)32)26-28-31/h1-7,12,21H,8-11,13-14H2,(H2,25,32)(H,33,34). The molecule has 1 unspecified atom stereocenters. The fraction of sp³-hybridized carbons (Fsp3) is 0.348. The van der Waals surface area contributed by atoms with Gasteiger partial charge in [-0.2, -0.15) is 0 Å². The number of carbonyl (C=O) groups is 2. The summed E-state index contributed by atoms with van der Waals surface area (Å²) in [6.07, 6.45) is -0.150. The lowest BCUT2D eigenvalue weighted by atomic mass is 9.69. The number of benzene rings is 2. The van der Waals surface area contributed by atoms with Crippen LogP contribution in [0.3, 0.4) is 0 Å². The molecule has 2 aromatic carbocycles. The molecule has 35 heavy (non-hydrogen) atoms. The SMILES string of the molecule is NC(=O)c1nnn(C2N(C(=O)O)CC23CCN(Cc2cccc(Oc4ccc(Cl)cc4)c2)CC3)n1. The van der Waals surface area contributed by atoms with E-state index in [0.717, 1.165) is 43.8 Å². The van der Waals surface area contributed by atoms with Gasteiger partial charge in [-0.25, -0.2) is 4.79 Å². The van der Waals surface area contributed by atoms with Crippen molar-refractivity contribution in [2.45, 2.75) is 25.6 Å². The number of aromatic nitrogens is 4. The minimum atomic E-state index is -1.06. The molecule has 2 aliphatic rings. The Bertz CT molecular complexity index is 1240. The van der Waals surface area contributed by atoms with Crippen molar-refractivity contribution >= 4 is 23.6 Å². The van der Waals surface area contributed by atoms with Crippen molar-refractivity contribution in [2.75, 3.05) is 19.6 Å². The number of tetrazole rings is 1. The van der Waals surface area contributed by atoms with E-state index in [1.54, 1.807) is 12.1 Å². The molecule has 0 aliphatic carbocycles. The third-order valence-electron chi connectivity index (χ3n) is 6.65. The first-order valence-electron chi connectivity index (χ1n) is 11.2. The van der Waals surface area contributed by atoms with Gasteiger partial charge in [-0.3, -0.25) is 14.6 Å². The Morgan fingerprint density at radius 2 is 1.89 bits per heavy atom. The van der Waals surface area contributed by atoms with Gasteiger partial charge in [0.25, 0.3) is 11.7 Å². The molecule has 0 bridgehead atoms. The lowest BCUT2D eigenvalue weighted by molar-refractivity contribution is -0.140. The van der Waals surface area contributed by atoms with E-state index >= 15 is 0 Å². The number of piperidine rings is 1. The molecule has 3 N–H and O–H groups in total. The van der Waals surface area contributed by atoms with Gasteiger partial charge in [-0.15, -0.1) is 15.0 Å². The van der Waals surface area contributed by atoms with Gasteiger partial charge >= 0.3 is 6.09 Å². The number of carboxylic acid groups (broad SMARTS) is 1. The first-order chi connectivity index (χ1) is 16.8. The topological polar surface area (TPSA) is 140 Å². The Balaban J connectivity index is 1.24. The lowest BCUT2D eigenvalue weighted by Gasteiger charge is -2.57. The van der Waals surface area contributed by atoms with Gasteiger partial charge in [0.05, 0.1) is 0 Å². The highest BCUT2D eigenvalue weighted by atomic mass is 35.5. The molecule has 182 valence electrons. The Morgan fingerprint density at radius 1 is 1.14 bits per heavy atom. The van der Waals surface area contributed by atoms with Crippen molar-refractivity contribution in [2.24, 2.45) is 11.1 Å². The Kier molecular flexibility index (Phi) is 6.03. The lowest BCUT2D eigenvalue weighted by Crippen LogP contribution is -2.65. The second kappa shape index (κ2) is 9.16. The van der Waals surface area contributed by atoms with E-state index in [-0.39, 0.29) is 11.2 Å². The van der Waals surface area contributed by atoms with Crippen molar-refractivity contribution < 1.29 is 19.4 Å². The van der Waals surface area contributed by atoms with Crippen molar-refractivity contribution in [3.63, 3.8) is 0 Å². The monoisotopic (exact) mass is 497 g/mol. The van der Waals surface area contributed by atoms with Gasteiger partial charge in [0.2, 0.25) is 0 Å². The smallest absolute Gasteiger partial charge is 0.409 e. The van der Waals surface area contributed by atoms with E-state index in [1.807, 2.05) is 30.3 Å². The fourth-order valence-electron chi connectivity index (χ4n) is 4.87. The first kappa shape index (κ1) is 23.1. The van der Waals surface area contributed by atoms with Gasteiger partial charge in [0.1, 0.15) is 11.5 Å². The summed E-state index contributed by atoms with van der Waals surface area (Å²) in [6.45, 7) is 2.69. The van der Waals surface area contributed by atoms with Crippen LogP contribution in [0.1, 0.15) is 35.2 Å². The minimum Gasteiger partial charge on any atom is -0.465 e. The molecule has 3 aromatic rings. The van der Waals surface area contributed by atoms with Gasteiger partial charge in [-0.1, -0.05) is 23.7 Å². The fourth-order valence-corrected chi connectivity index (χ4v) is 5.00. The van der Waals surface area contributed by atoms with Crippen LogP contribution in [0.2, 0.25) is 5.02 Å². The molecular formula is C23H24ClN7O4. The Morgan fingerprint density at radius 3 is 2.54 bits per heavy atom. The molecule has 3 heterocycles. The first-order valence-corrected chi connectivity index (χ1v) is 11.5. The van der Waals surface area contributed by atoms with E-state index in [2.05, 4.69) is 26.4 Å². The summed E-state index contributed by atoms with van der Waals surface area (Å²) in [5.74, 6) is 0.433. The number of hydrogen-bond donors (Lipinski definition) is 2. The third-order valence-corrected chi connectivity index (χ3v) is 6.90. The van der Waals surface area contributed by atoms with Crippen LogP contribution < -0.4 is 10.5 Å². The second-order valence-electron chi connectivity index (χ2n) is 8.92. The predicted molar refractivity (Wildman–Crippen MR) is 125 cm³/mol. The molecule has 2 fully saturated rings. The van der Waals surface area contributed by atoms with Crippen molar-refractivity contribution in [1.29, 1.82) is 0 Å². The maximum absolute atomic E-state index is 11.7. The van der Waals surface area contributed by atoms with E-state index in [1.165, 1.54) is 9.70 Å². The number of halogens is 1. The van der Waals surface area contributed by atoms with Crippen LogP contribution in [0.5, 0.6) is 11.5 Å². The molecule has 2 aliphatic heterocycles. The van der Waals surface area contributed by atoms with Crippen LogP contribution in [0, 0.1) is 5.41 Å². The summed E-state index contributed by atoms with van der Waals surface area (Å²) in [4.78, 5) is 27.9. The quantitative estimate of drug-likeness (QED) is 0.529. The molecule has 2 amide bonds. The molecule has 12 heteroatoms. The average Bonchev–Trinajstić information content (AvgIpc) is 3.29. The van der Waals surface area contributed by atoms with E-state index in [4.69, 9.17) is 22.1 Å². The number of ether oxygens (including phenoxy) is 1. The van der Waals surface area contributed by atoms with Gasteiger partial charge in [-0.05, 0) is 73.1 Å². The number of amides is 2. The maximum atomic E-state index is 11.7. The summed E-state index contributed by atoms with van der Waals surface area (Å²) in [7, 11) is 0. The van der Waals surface area contributed by atoms with E-state index in [9.17, 15) is 14.7 Å². The Labute approximate surface area is 206 Å². The minimum absolute atomic E-state index is 0.226. The molecule has 2 saturated heterocycles. The molecule has 0 saturated carbocycles. The summed E-state index contributed by atoms with van der Waals surface area (Å²) < 4.78 is 5.95. The van der Waals surface area contributed by atoms with Crippen LogP contribution in [0.4, 0.5) is 4.79 Å². The van der Waals surface area contributed by atoms with Crippen molar-refractivity contribution in [3.05, 3.63) is 64.9 Å². The number of hydrogen-bond acceptors (Lipinski definition) is 7. The Hall–Kier alpha value is -3.70. The highest BCUT2D eigenvalue weighted by Crippen LogP contribution is 2.52. The number of primary amides is 1. The van der Waals surface area contributed by atoms with Gasteiger partial charge in [0.15, 0.2) is 6.17 Å². The van der Waals surface area contributed by atoms with Crippen LogP contribution in [0.25, 0.3) is 0 Å². The molecule has 5 rings (SSSR count). The molecule has 11 nitrogen and oxygen atoms in total. The van der Waals surface area contributed by atoms with Crippen LogP contribution in [-0.2, 0) is 6.54 Å². The zero-order valence-electron chi connectivity index (χ0n) is 18.7. The summed E-state index contributed by atoms with van der Waals surface area (Å²) in [5, 5.41) is 21.9. The summed E-state index contributed by atoms with van der Waals surface area (Å²) in [6, 6.07) is 15.2. The van der Waals surface area contributed by atoms with Gasteiger partial charge in [0, 0.05) is 23.5 Å². The van der Waals surface area contributed by atoms with Gasteiger partial charge < -0.3 is 15.6 Å². The highest BCUT2D eigenvalue weighted by molar-refractivity contribution is 6.30. The molecule has 1 spiro atoms. The highest BCUT2D eigenvalue weighted by Gasteiger charge is 2.58. The van der Waals surface area contributed by atoms with Crippen LogP contribution in [-0.4, -0.2) is 66.7 Å². The number of rotatable bonds is 6. The third kappa shape index (κ3) is 4.64. The van der Waals surface area contributed by atoms with Crippen molar-refractivity contribution in [1.82, 2.24) is 30.0 Å². The van der Waals surface area contributed by atoms with Crippen LogP contribution in [0.15, 0.2) is 48.5 Å². The average molecular weight is 498 g/mol.